The highest BCUT2D eigenvalue weighted by molar-refractivity contribution is 7.92. The fourth-order valence-electron chi connectivity index (χ4n) is 7.29. The van der Waals surface area contributed by atoms with Crippen LogP contribution in [-0.4, -0.2) is 52.1 Å². The van der Waals surface area contributed by atoms with Gasteiger partial charge >= 0.3 is 0 Å². The zero-order chi connectivity index (χ0) is 40.0. The summed E-state index contributed by atoms with van der Waals surface area (Å²) in [6, 6.07) is 45.9. The number of nitrogens with zero attached hydrogens (tertiary/aromatic N) is 2. The van der Waals surface area contributed by atoms with Gasteiger partial charge in [-0.3, -0.25) is 4.99 Å². The van der Waals surface area contributed by atoms with E-state index in [1.807, 2.05) is 115 Å². The molecule has 290 valence electrons. The van der Waals surface area contributed by atoms with Gasteiger partial charge in [0.15, 0.2) is 15.4 Å². The summed E-state index contributed by atoms with van der Waals surface area (Å²) in [5.41, 5.74) is -0.288. The van der Waals surface area contributed by atoms with Crippen LogP contribution in [0.15, 0.2) is 168 Å². The lowest BCUT2D eigenvalue weighted by molar-refractivity contribution is 0.0494. The second kappa shape index (κ2) is 16.5. The van der Waals surface area contributed by atoms with E-state index < -0.39 is 56.6 Å². The van der Waals surface area contributed by atoms with E-state index in [-0.39, 0.29) is 11.5 Å². The van der Waals surface area contributed by atoms with Crippen molar-refractivity contribution >= 4 is 27.1 Å². The smallest absolute Gasteiger partial charge is 0.267 e. The number of hydrogen-bond donors (Lipinski definition) is 1. The van der Waals surface area contributed by atoms with E-state index in [4.69, 9.17) is 14.5 Å². The van der Waals surface area contributed by atoms with Crippen molar-refractivity contribution in [2.24, 2.45) is 9.98 Å². The van der Waals surface area contributed by atoms with Gasteiger partial charge in [-0.05, 0) is 65.6 Å². The van der Waals surface area contributed by atoms with E-state index in [1.54, 1.807) is 38.5 Å². The summed E-state index contributed by atoms with van der Waals surface area (Å²) in [6.45, 7) is 0. The van der Waals surface area contributed by atoms with E-state index in [2.05, 4.69) is 10.3 Å². The average Bonchev–Trinajstić information content (AvgIpc) is 3.38. The maximum atomic E-state index is 16.2. The van der Waals surface area contributed by atoms with Crippen LogP contribution < -0.4 is 14.8 Å². The van der Waals surface area contributed by atoms with Crippen molar-refractivity contribution in [3.8, 4) is 11.5 Å². The Hall–Kier alpha value is -6.20. The number of rotatable bonds is 11. The summed E-state index contributed by atoms with van der Waals surface area (Å²) < 4.78 is 86.6. The number of alkyl halides is 2. The molecule has 0 saturated heterocycles. The minimum atomic E-state index is -4.05. The summed E-state index contributed by atoms with van der Waals surface area (Å²) in [5.74, 6) is -1.44. The summed E-state index contributed by atoms with van der Waals surface area (Å²) in [5, 5.41) is 3.38. The van der Waals surface area contributed by atoms with Crippen LogP contribution in [-0.2, 0) is 20.9 Å². The Balaban J connectivity index is 1.45. The average molecular weight is 788 g/mol. The number of aliphatic imine (C=N–C) groups is 2. The zero-order valence-electron chi connectivity index (χ0n) is 31.3. The number of methoxy groups -OCH3 is 2. The molecule has 7 rings (SSSR count). The van der Waals surface area contributed by atoms with Crippen molar-refractivity contribution in [1.82, 2.24) is 5.32 Å². The number of nitrogens with one attached hydrogen (secondary N) is 1. The highest BCUT2D eigenvalue weighted by Crippen LogP contribution is 2.43. The van der Waals surface area contributed by atoms with E-state index in [1.165, 1.54) is 12.1 Å². The first kappa shape index (κ1) is 39.1. The topological polar surface area (TPSA) is 89.4 Å². The van der Waals surface area contributed by atoms with Crippen LogP contribution in [0.1, 0.15) is 39.8 Å². The van der Waals surface area contributed by atoms with E-state index >= 15 is 13.2 Å². The van der Waals surface area contributed by atoms with Crippen molar-refractivity contribution in [3.63, 3.8) is 0 Å². The molecule has 0 spiro atoms. The summed E-state index contributed by atoms with van der Waals surface area (Å²) in [6.07, 6.45) is -3.98. The third-order valence-electron chi connectivity index (χ3n) is 10.2. The Morgan fingerprint density at radius 1 is 0.719 bits per heavy atom. The number of ether oxygens (including phenoxy) is 2. The predicted molar refractivity (Wildman–Crippen MR) is 218 cm³/mol. The Bertz CT molecular complexity index is 2390. The van der Waals surface area contributed by atoms with Crippen LogP contribution in [0.4, 0.5) is 18.9 Å². The molecule has 0 aromatic heterocycles. The number of hydrogen-bond acceptors (Lipinski definition) is 7. The molecule has 1 heterocycles. The molecule has 0 saturated carbocycles. The van der Waals surface area contributed by atoms with Crippen molar-refractivity contribution < 1.29 is 31.1 Å². The highest BCUT2D eigenvalue weighted by Gasteiger charge is 2.48. The minimum absolute atomic E-state index is 0.195. The van der Waals surface area contributed by atoms with Crippen LogP contribution >= 0.6 is 0 Å². The van der Waals surface area contributed by atoms with Gasteiger partial charge in [-0.15, -0.1) is 0 Å². The molecule has 1 aliphatic heterocycles. The van der Waals surface area contributed by atoms with E-state index in [0.29, 0.717) is 33.9 Å². The van der Waals surface area contributed by atoms with Gasteiger partial charge in [-0.2, -0.15) is 0 Å². The lowest BCUT2D eigenvalue weighted by atomic mass is 9.76. The summed E-state index contributed by atoms with van der Waals surface area (Å²) >= 11 is 0. The Kier molecular flexibility index (Phi) is 11.3. The minimum Gasteiger partial charge on any atom is -0.497 e. The molecule has 0 unspecified atom stereocenters. The van der Waals surface area contributed by atoms with Gasteiger partial charge in [0.2, 0.25) is 0 Å². The lowest BCUT2D eigenvalue weighted by Crippen LogP contribution is -2.50. The molecule has 6 aromatic rings. The molecule has 6 aromatic carbocycles. The molecule has 1 aliphatic rings. The fraction of sp³-hybridized carbons (Fsp3) is 0.174. The van der Waals surface area contributed by atoms with Crippen LogP contribution in [0.5, 0.6) is 11.5 Å². The normalized spacial score (nSPS) is 16.6. The molecular formula is C46H40F3N3O4S. The molecule has 1 atom stereocenters. The lowest BCUT2D eigenvalue weighted by Gasteiger charge is -2.39. The van der Waals surface area contributed by atoms with Gasteiger partial charge in [-0.25, -0.2) is 26.6 Å². The molecule has 57 heavy (non-hydrogen) atoms. The Morgan fingerprint density at radius 3 is 1.70 bits per heavy atom. The maximum absolute atomic E-state index is 16.2. The molecule has 7 nitrogen and oxygen atoms in total. The van der Waals surface area contributed by atoms with Crippen LogP contribution in [0.3, 0.4) is 0 Å². The molecular weight excluding hydrogens is 748 g/mol. The maximum Gasteiger partial charge on any atom is 0.267 e. The standard InChI is InChI=1S/C46H40F3N3O4S/c1-55-38-23-18-35(19-24-38)46(34-16-10-5-11-17-34,36-20-25-39(56-2)26-21-36)52-42-31-57(53,54)29-28-45(51-42,44(48)49)40-30-37(22-27-41(40)47)50-43(32-12-6-3-7-13-32)33-14-8-4-9-15-33/h3-27,30,44H,28-29,31H2,1-2H3,(H,51,52)/t45-/m0/s1. The van der Waals surface area contributed by atoms with Crippen molar-refractivity contribution in [2.75, 3.05) is 25.7 Å². The van der Waals surface area contributed by atoms with Gasteiger partial charge in [0.05, 0.1) is 31.4 Å². The molecule has 11 heteroatoms. The van der Waals surface area contributed by atoms with Gasteiger partial charge in [-0.1, -0.05) is 115 Å². The number of benzene rings is 6. The first-order valence-electron chi connectivity index (χ1n) is 18.3. The monoisotopic (exact) mass is 787 g/mol. The van der Waals surface area contributed by atoms with Crippen LogP contribution in [0.25, 0.3) is 0 Å². The van der Waals surface area contributed by atoms with Gasteiger partial charge < -0.3 is 14.8 Å². The molecule has 0 bridgehead atoms. The third kappa shape index (κ3) is 8.06. The quantitative estimate of drug-likeness (QED) is 0.105. The summed E-state index contributed by atoms with van der Waals surface area (Å²) in [4.78, 5) is 9.50. The largest absolute Gasteiger partial charge is 0.497 e. The first-order chi connectivity index (χ1) is 27.6. The van der Waals surface area contributed by atoms with Gasteiger partial charge in [0.1, 0.15) is 34.4 Å². The van der Waals surface area contributed by atoms with Crippen molar-refractivity contribution in [3.05, 3.63) is 197 Å². The zero-order valence-corrected chi connectivity index (χ0v) is 32.1. The van der Waals surface area contributed by atoms with Crippen LogP contribution in [0.2, 0.25) is 0 Å². The fourth-order valence-corrected chi connectivity index (χ4v) is 8.61. The molecule has 0 amide bonds. The van der Waals surface area contributed by atoms with E-state index in [9.17, 15) is 8.42 Å². The summed E-state index contributed by atoms with van der Waals surface area (Å²) in [7, 11) is -0.969. The Labute approximate surface area is 330 Å². The van der Waals surface area contributed by atoms with Crippen LogP contribution in [0, 0.1) is 5.82 Å². The molecule has 0 aliphatic carbocycles. The number of amidine groups is 1. The highest BCUT2D eigenvalue weighted by atomic mass is 32.2. The van der Waals surface area contributed by atoms with Gasteiger partial charge in [0, 0.05) is 16.7 Å². The molecule has 0 radical (unpaired) electrons. The second-order valence-electron chi connectivity index (χ2n) is 13.7. The first-order valence-corrected chi connectivity index (χ1v) is 20.1. The van der Waals surface area contributed by atoms with Crippen molar-refractivity contribution in [2.45, 2.75) is 23.9 Å². The Morgan fingerprint density at radius 2 is 1.21 bits per heavy atom. The van der Waals surface area contributed by atoms with Crippen molar-refractivity contribution in [1.29, 1.82) is 0 Å². The second-order valence-corrected chi connectivity index (χ2v) is 15.9. The SMILES string of the molecule is COc1ccc(C(NC2=N[C@@](c3cc(N=C(c4ccccc4)c4ccccc4)ccc3F)(C(F)F)CCS(=O)(=O)C2)(c2ccccc2)c2ccc(OC)cc2)cc1. The third-order valence-corrected chi connectivity index (χ3v) is 11.7. The number of halogens is 3. The predicted octanol–water partition coefficient (Wildman–Crippen LogP) is 9.27. The number of sulfone groups is 1. The molecule has 0 fully saturated rings. The van der Waals surface area contributed by atoms with E-state index in [0.717, 1.165) is 17.2 Å². The molecule has 1 N–H and O–H groups in total. The van der Waals surface area contributed by atoms with Gasteiger partial charge in [0.25, 0.3) is 6.43 Å².